The Kier molecular flexibility index (Phi) is 6.62. The van der Waals surface area contributed by atoms with Crippen LogP contribution in [-0.4, -0.2) is 54.6 Å². The second kappa shape index (κ2) is 8.23. The first-order chi connectivity index (χ1) is 9.35. The molecular weight excluding hydrogens is 234 g/mol. The zero-order chi connectivity index (χ0) is 13.5. The van der Waals surface area contributed by atoms with Crippen molar-refractivity contribution in [2.24, 2.45) is 5.73 Å². The first kappa shape index (κ1) is 15.3. The fourth-order valence-electron chi connectivity index (χ4n) is 3.93. The smallest absolute Gasteiger partial charge is 0.0113 e. The predicted octanol–water partition coefficient (Wildman–Crippen LogP) is 2.45. The molecule has 3 nitrogen and oxygen atoms in total. The van der Waals surface area contributed by atoms with E-state index in [0.29, 0.717) is 0 Å². The van der Waals surface area contributed by atoms with Gasteiger partial charge in [0.15, 0.2) is 0 Å². The minimum absolute atomic E-state index is 0.723. The van der Waals surface area contributed by atoms with Crippen LogP contribution in [0.2, 0.25) is 0 Å². The van der Waals surface area contributed by atoms with Gasteiger partial charge in [0.1, 0.15) is 0 Å². The van der Waals surface area contributed by atoms with E-state index >= 15 is 0 Å². The highest BCUT2D eigenvalue weighted by Crippen LogP contribution is 2.23. The first-order valence-electron chi connectivity index (χ1n) is 8.53. The summed E-state index contributed by atoms with van der Waals surface area (Å²) in [5, 5.41) is 0. The summed E-state index contributed by atoms with van der Waals surface area (Å²) in [7, 11) is 0. The summed E-state index contributed by atoms with van der Waals surface area (Å²) in [5.74, 6) is 0. The highest BCUT2D eigenvalue weighted by Gasteiger charge is 2.26. The summed E-state index contributed by atoms with van der Waals surface area (Å²) in [5.41, 5.74) is 5.74. The molecule has 1 saturated carbocycles. The lowest BCUT2D eigenvalue weighted by molar-refractivity contribution is 0.0606. The van der Waals surface area contributed by atoms with Gasteiger partial charge in [0.25, 0.3) is 0 Å². The van der Waals surface area contributed by atoms with Gasteiger partial charge in [-0.15, -0.1) is 0 Å². The molecule has 3 heteroatoms. The van der Waals surface area contributed by atoms with Crippen molar-refractivity contribution in [1.82, 2.24) is 9.80 Å². The van der Waals surface area contributed by atoms with Gasteiger partial charge < -0.3 is 5.73 Å². The largest absolute Gasteiger partial charge is 0.330 e. The van der Waals surface area contributed by atoms with E-state index in [9.17, 15) is 0 Å². The Hall–Kier alpha value is -0.120. The van der Waals surface area contributed by atoms with Gasteiger partial charge in [-0.2, -0.15) is 0 Å². The molecular formula is C16H33N3. The van der Waals surface area contributed by atoms with Crippen LogP contribution >= 0.6 is 0 Å². The van der Waals surface area contributed by atoms with Crippen LogP contribution in [0.25, 0.3) is 0 Å². The number of nitrogens with two attached hydrogens (primary N) is 1. The minimum Gasteiger partial charge on any atom is -0.330 e. The van der Waals surface area contributed by atoms with Crippen molar-refractivity contribution in [2.45, 2.75) is 70.4 Å². The number of hydrogen-bond acceptors (Lipinski definition) is 3. The van der Waals surface area contributed by atoms with E-state index in [2.05, 4.69) is 16.7 Å². The SMILES string of the molecule is CCC(CCN)N1CCN(C2CCCCCC2)CC1. The van der Waals surface area contributed by atoms with Crippen LogP contribution in [0.5, 0.6) is 0 Å². The molecule has 2 fully saturated rings. The molecule has 0 aromatic rings. The van der Waals surface area contributed by atoms with E-state index in [-0.39, 0.29) is 0 Å². The molecule has 0 spiro atoms. The summed E-state index contributed by atoms with van der Waals surface area (Å²) < 4.78 is 0. The summed E-state index contributed by atoms with van der Waals surface area (Å²) in [6.07, 6.45) is 11.1. The highest BCUT2D eigenvalue weighted by molar-refractivity contribution is 4.83. The van der Waals surface area contributed by atoms with Gasteiger partial charge in [0.2, 0.25) is 0 Å². The summed E-state index contributed by atoms with van der Waals surface area (Å²) >= 11 is 0. The van der Waals surface area contributed by atoms with Crippen LogP contribution in [-0.2, 0) is 0 Å². The van der Waals surface area contributed by atoms with Gasteiger partial charge in [-0.3, -0.25) is 9.80 Å². The fraction of sp³-hybridized carbons (Fsp3) is 1.00. The third-order valence-corrected chi connectivity index (χ3v) is 5.18. The van der Waals surface area contributed by atoms with E-state index in [1.165, 1.54) is 77.5 Å². The Morgan fingerprint density at radius 1 is 1.00 bits per heavy atom. The molecule has 2 rings (SSSR count). The topological polar surface area (TPSA) is 32.5 Å². The van der Waals surface area contributed by atoms with E-state index in [0.717, 1.165) is 18.6 Å². The third kappa shape index (κ3) is 4.44. The zero-order valence-electron chi connectivity index (χ0n) is 12.8. The van der Waals surface area contributed by atoms with E-state index in [1.54, 1.807) is 0 Å². The maximum absolute atomic E-state index is 5.74. The van der Waals surface area contributed by atoms with Gasteiger partial charge in [0.05, 0.1) is 0 Å². The molecule has 0 aromatic heterocycles. The molecule has 19 heavy (non-hydrogen) atoms. The average Bonchev–Trinajstić information content (AvgIpc) is 2.74. The van der Waals surface area contributed by atoms with Crippen LogP contribution in [0.15, 0.2) is 0 Å². The van der Waals surface area contributed by atoms with Gasteiger partial charge in [0, 0.05) is 38.3 Å². The highest BCUT2D eigenvalue weighted by atomic mass is 15.3. The van der Waals surface area contributed by atoms with Gasteiger partial charge in [-0.25, -0.2) is 0 Å². The maximum Gasteiger partial charge on any atom is 0.0113 e. The van der Waals surface area contributed by atoms with Crippen molar-refractivity contribution in [1.29, 1.82) is 0 Å². The standard InChI is InChI=1S/C16H33N3/c1-2-15(9-10-17)18-11-13-19(14-12-18)16-7-5-3-4-6-8-16/h15-16H,2-14,17H2,1H3. The first-order valence-corrected chi connectivity index (χ1v) is 8.53. The second-order valence-corrected chi connectivity index (χ2v) is 6.36. The minimum atomic E-state index is 0.723. The average molecular weight is 267 g/mol. The van der Waals surface area contributed by atoms with Crippen LogP contribution < -0.4 is 5.73 Å². The molecule has 1 unspecified atom stereocenters. The van der Waals surface area contributed by atoms with Crippen molar-refractivity contribution in [3.05, 3.63) is 0 Å². The summed E-state index contributed by atoms with van der Waals surface area (Å²) in [4.78, 5) is 5.46. The summed E-state index contributed by atoms with van der Waals surface area (Å²) in [6.45, 7) is 8.22. The van der Waals surface area contributed by atoms with Gasteiger partial charge in [-0.1, -0.05) is 32.6 Å². The Morgan fingerprint density at radius 3 is 2.16 bits per heavy atom. The molecule has 0 amide bonds. The molecule has 1 saturated heterocycles. The lowest BCUT2D eigenvalue weighted by atomic mass is 10.0. The molecule has 0 radical (unpaired) electrons. The van der Waals surface area contributed by atoms with E-state index in [1.807, 2.05) is 0 Å². The maximum atomic E-state index is 5.74. The van der Waals surface area contributed by atoms with Gasteiger partial charge in [-0.05, 0) is 32.2 Å². The van der Waals surface area contributed by atoms with E-state index < -0.39 is 0 Å². The lowest BCUT2D eigenvalue weighted by Gasteiger charge is -2.42. The number of hydrogen-bond donors (Lipinski definition) is 1. The third-order valence-electron chi connectivity index (χ3n) is 5.18. The quantitative estimate of drug-likeness (QED) is 0.777. The van der Waals surface area contributed by atoms with Crippen molar-refractivity contribution in [3.63, 3.8) is 0 Å². The van der Waals surface area contributed by atoms with Crippen molar-refractivity contribution < 1.29 is 0 Å². The van der Waals surface area contributed by atoms with Crippen molar-refractivity contribution >= 4 is 0 Å². The molecule has 0 aromatic carbocycles. The van der Waals surface area contributed by atoms with Crippen molar-refractivity contribution in [2.75, 3.05) is 32.7 Å². The molecule has 1 atom stereocenters. The molecule has 2 N–H and O–H groups in total. The van der Waals surface area contributed by atoms with Crippen LogP contribution in [0.1, 0.15) is 58.3 Å². The predicted molar refractivity (Wildman–Crippen MR) is 82.4 cm³/mol. The Balaban J connectivity index is 1.77. The van der Waals surface area contributed by atoms with Gasteiger partial charge >= 0.3 is 0 Å². The number of nitrogens with zero attached hydrogens (tertiary/aromatic N) is 2. The Morgan fingerprint density at radius 2 is 1.63 bits per heavy atom. The monoisotopic (exact) mass is 267 g/mol. The number of rotatable bonds is 5. The second-order valence-electron chi connectivity index (χ2n) is 6.36. The lowest BCUT2D eigenvalue weighted by Crippen LogP contribution is -2.53. The van der Waals surface area contributed by atoms with Crippen LogP contribution in [0.3, 0.4) is 0 Å². The Labute approximate surface area is 119 Å². The molecule has 1 aliphatic heterocycles. The Bertz CT molecular complexity index is 228. The number of piperazine rings is 1. The van der Waals surface area contributed by atoms with Crippen molar-refractivity contribution in [3.8, 4) is 0 Å². The molecule has 1 aliphatic carbocycles. The molecule has 1 heterocycles. The van der Waals surface area contributed by atoms with E-state index in [4.69, 9.17) is 5.73 Å². The summed E-state index contributed by atoms with van der Waals surface area (Å²) in [6, 6.07) is 1.61. The molecule has 112 valence electrons. The molecule has 0 bridgehead atoms. The normalized spacial score (nSPS) is 26.2. The molecule has 2 aliphatic rings. The van der Waals surface area contributed by atoms with Crippen LogP contribution in [0, 0.1) is 0 Å². The fourth-order valence-corrected chi connectivity index (χ4v) is 3.93. The zero-order valence-corrected chi connectivity index (χ0v) is 12.8. The van der Waals surface area contributed by atoms with Crippen LogP contribution in [0.4, 0.5) is 0 Å².